The third kappa shape index (κ3) is 6.79. The summed E-state index contributed by atoms with van der Waals surface area (Å²) >= 11 is 0. The molecular formula is C22H31NO3. The van der Waals surface area contributed by atoms with Crippen molar-refractivity contribution in [2.45, 2.75) is 26.4 Å². The lowest BCUT2D eigenvalue weighted by atomic mass is 10.0. The van der Waals surface area contributed by atoms with Gasteiger partial charge in [-0.3, -0.25) is 4.90 Å². The van der Waals surface area contributed by atoms with E-state index in [1.165, 1.54) is 16.7 Å². The summed E-state index contributed by atoms with van der Waals surface area (Å²) in [6.07, 6.45) is 0. The van der Waals surface area contributed by atoms with E-state index in [4.69, 9.17) is 14.2 Å². The molecule has 0 radical (unpaired) electrons. The predicted octanol–water partition coefficient (Wildman–Crippen LogP) is 4.23. The van der Waals surface area contributed by atoms with Gasteiger partial charge in [-0.1, -0.05) is 42.0 Å². The van der Waals surface area contributed by atoms with Crippen LogP contribution in [-0.4, -0.2) is 45.5 Å². The van der Waals surface area contributed by atoms with E-state index >= 15 is 0 Å². The van der Waals surface area contributed by atoms with Gasteiger partial charge in [-0.2, -0.15) is 0 Å². The zero-order chi connectivity index (χ0) is 18.8. The Morgan fingerprint density at radius 2 is 1.54 bits per heavy atom. The summed E-state index contributed by atoms with van der Waals surface area (Å²) in [4.78, 5) is 2.35. The van der Waals surface area contributed by atoms with Gasteiger partial charge in [0.1, 0.15) is 12.4 Å². The molecule has 0 bridgehead atoms. The third-order valence-corrected chi connectivity index (χ3v) is 4.50. The Morgan fingerprint density at radius 3 is 2.19 bits per heavy atom. The average molecular weight is 357 g/mol. The molecule has 26 heavy (non-hydrogen) atoms. The third-order valence-electron chi connectivity index (χ3n) is 4.50. The molecular weight excluding hydrogens is 326 g/mol. The van der Waals surface area contributed by atoms with Crippen LogP contribution in [0.4, 0.5) is 0 Å². The van der Waals surface area contributed by atoms with Gasteiger partial charge in [0.05, 0.1) is 19.8 Å². The number of rotatable bonds is 11. The van der Waals surface area contributed by atoms with Crippen LogP contribution in [0.1, 0.15) is 29.7 Å². The van der Waals surface area contributed by atoms with Gasteiger partial charge in [0.15, 0.2) is 0 Å². The van der Waals surface area contributed by atoms with Crippen molar-refractivity contribution in [3.05, 3.63) is 65.2 Å². The van der Waals surface area contributed by atoms with Crippen molar-refractivity contribution in [3.63, 3.8) is 0 Å². The van der Waals surface area contributed by atoms with Gasteiger partial charge in [0.2, 0.25) is 0 Å². The SMILES string of the molecule is COCCOCCOc1ccc(CN(C)[C@@H](C)c2ccc(C)cc2)cc1. The summed E-state index contributed by atoms with van der Waals surface area (Å²) < 4.78 is 16.0. The molecule has 0 N–H and O–H groups in total. The van der Waals surface area contributed by atoms with Gasteiger partial charge in [-0.15, -0.1) is 0 Å². The molecule has 142 valence electrons. The lowest BCUT2D eigenvalue weighted by Gasteiger charge is -2.25. The lowest BCUT2D eigenvalue weighted by molar-refractivity contribution is 0.0544. The van der Waals surface area contributed by atoms with E-state index in [0.717, 1.165) is 12.3 Å². The molecule has 1 atom stereocenters. The quantitative estimate of drug-likeness (QED) is 0.563. The highest BCUT2D eigenvalue weighted by atomic mass is 16.5. The largest absolute Gasteiger partial charge is 0.491 e. The minimum atomic E-state index is 0.371. The first-order valence-corrected chi connectivity index (χ1v) is 9.15. The van der Waals surface area contributed by atoms with E-state index in [2.05, 4.69) is 62.2 Å². The van der Waals surface area contributed by atoms with E-state index in [1.807, 2.05) is 12.1 Å². The highest BCUT2D eigenvalue weighted by Crippen LogP contribution is 2.22. The highest BCUT2D eigenvalue weighted by molar-refractivity contribution is 5.28. The first-order chi connectivity index (χ1) is 12.6. The molecule has 2 aromatic carbocycles. The topological polar surface area (TPSA) is 30.9 Å². The predicted molar refractivity (Wildman–Crippen MR) is 106 cm³/mol. The Hall–Kier alpha value is -1.88. The summed E-state index contributed by atoms with van der Waals surface area (Å²) in [5, 5.41) is 0. The van der Waals surface area contributed by atoms with E-state index < -0.39 is 0 Å². The van der Waals surface area contributed by atoms with Crippen molar-refractivity contribution >= 4 is 0 Å². The number of hydrogen-bond acceptors (Lipinski definition) is 4. The van der Waals surface area contributed by atoms with Gasteiger partial charge in [-0.25, -0.2) is 0 Å². The summed E-state index contributed by atoms with van der Waals surface area (Å²) in [5.41, 5.74) is 3.91. The van der Waals surface area contributed by atoms with E-state index in [9.17, 15) is 0 Å². The minimum absolute atomic E-state index is 0.371. The zero-order valence-electron chi connectivity index (χ0n) is 16.4. The molecule has 0 heterocycles. The molecule has 0 aliphatic rings. The van der Waals surface area contributed by atoms with Gasteiger partial charge in [0.25, 0.3) is 0 Å². The van der Waals surface area contributed by atoms with E-state index in [0.29, 0.717) is 32.5 Å². The van der Waals surface area contributed by atoms with Crippen LogP contribution in [0.2, 0.25) is 0 Å². The molecule has 0 saturated heterocycles. The Balaban J connectivity index is 1.77. The Morgan fingerprint density at radius 1 is 0.885 bits per heavy atom. The summed E-state index contributed by atoms with van der Waals surface area (Å²) in [6.45, 7) is 7.59. The number of hydrogen-bond donors (Lipinski definition) is 0. The number of methoxy groups -OCH3 is 1. The van der Waals surface area contributed by atoms with Crippen LogP contribution >= 0.6 is 0 Å². The molecule has 0 aromatic heterocycles. The molecule has 2 rings (SSSR count). The molecule has 0 spiro atoms. The smallest absolute Gasteiger partial charge is 0.119 e. The number of ether oxygens (including phenoxy) is 3. The van der Waals surface area contributed by atoms with Crippen molar-refractivity contribution in [3.8, 4) is 5.75 Å². The monoisotopic (exact) mass is 357 g/mol. The molecule has 4 nitrogen and oxygen atoms in total. The Bertz CT molecular complexity index is 625. The molecule has 0 saturated carbocycles. The van der Waals surface area contributed by atoms with Gasteiger partial charge in [-0.05, 0) is 44.2 Å². The number of benzene rings is 2. The molecule has 4 heteroatoms. The molecule has 0 amide bonds. The normalized spacial score (nSPS) is 12.3. The standard InChI is InChI=1S/C22H31NO3/c1-18-5-9-21(10-6-18)19(2)23(3)17-20-7-11-22(12-8-20)26-16-15-25-14-13-24-4/h5-12,19H,13-17H2,1-4H3/t19-/m0/s1. The second kappa shape index (κ2) is 11.0. The maximum absolute atomic E-state index is 5.69. The maximum atomic E-state index is 5.69. The van der Waals surface area contributed by atoms with Gasteiger partial charge < -0.3 is 14.2 Å². The molecule has 2 aromatic rings. The molecule has 0 fully saturated rings. The second-order valence-corrected chi connectivity index (χ2v) is 6.60. The second-order valence-electron chi connectivity index (χ2n) is 6.60. The lowest BCUT2D eigenvalue weighted by Crippen LogP contribution is -2.21. The van der Waals surface area contributed by atoms with Crippen LogP contribution in [0.5, 0.6) is 5.75 Å². The van der Waals surface area contributed by atoms with Gasteiger partial charge in [0, 0.05) is 19.7 Å². The van der Waals surface area contributed by atoms with Crippen LogP contribution in [-0.2, 0) is 16.0 Å². The summed E-state index contributed by atoms with van der Waals surface area (Å²) in [5.74, 6) is 0.873. The van der Waals surface area contributed by atoms with Crippen molar-refractivity contribution in [1.82, 2.24) is 4.90 Å². The fraction of sp³-hybridized carbons (Fsp3) is 0.455. The highest BCUT2D eigenvalue weighted by Gasteiger charge is 2.11. The van der Waals surface area contributed by atoms with E-state index in [-0.39, 0.29) is 0 Å². The van der Waals surface area contributed by atoms with Gasteiger partial charge >= 0.3 is 0 Å². The van der Waals surface area contributed by atoms with Crippen molar-refractivity contribution in [1.29, 1.82) is 0 Å². The average Bonchev–Trinajstić information content (AvgIpc) is 2.66. The van der Waals surface area contributed by atoms with Crippen LogP contribution in [0, 0.1) is 6.92 Å². The van der Waals surface area contributed by atoms with Crippen LogP contribution in [0.25, 0.3) is 0 Å². The molecule has 0 unspecified atom stereocenters. The fourth-order valence-corrected chi connectivity index (χ4v) is 2.68. The van der Waals surface area contributed by atoms with Crippen LogP contribution < -0.4 is 4.74 Å². The minimum Gasteiger partial charge on any atom is -0.491 e. The first-order valence-electron chi connectivity index (χ1n) is 9.15. The van der Waals surface area contributed by atoms with E-state index in [1.54, 1.807) is 7.11 Å². The zero-order valence-corrected chi connectivity index (χ0v) is 16.4. The maximum Gasteiger partial charge on any atom is 0.119 e. The Kier molecular flexibility index (Phi) is 8.62. The number of nitrogens with zero attached hydrogens (tertiary/aromatic N) is 1. The summed E-state index contributed by atoms with van der Waals surface area (Å²) in [6, 6.07) is 17.4. The fourth-order valence-electron chi connectivity index (χ4n) is 2.68. The van der Waals surface area contributed by atoms with Crippen molar-refractivity contribution in [2.75, 3.05) is 40.6 Å². The van der Waals surface area contributed by atoms with Crippen molar-refractivity contribution < 1.29 is 14.2 Å². The van der Waals surface area contributed by atoms with Crippen LogP contribution in [0.3, 0.4) is 0 Å². The summed E-state index contributed by atoms with van der Waals surface area (Å²) in [7, 11) is 3.83. The van der Waals surface area contributed by atoms with Crippen molar-refractivity contribution in [2.24, 2.45) is 0 Å². The first kappa shape index (κ1) is 20.4. The number of aryl methyl sites for hydroxylation is 1. The Labute approximate surface area is 157 Å². The molecule has 0 aliphatic heterocycles. The molecule has 0 aliphatic carbocycles. The van der Waals surface area contributed by atoms with Crippen LogP contribution in [0.15, 0.2) is 48.5 Å².